The normalized spacial score (nSPS) is 13.5. The molecule has 0 aliphatic heterocycles. The third kappa shape index (κ3) is 3.75. The van der Waals surface area contributed by atoms with Crippen LogP contribution in [0.15, 0.2) is 20.1 Å². The predicted octanol–water partition coefficient (Wildman–Crippen LogP) is 0.889. The average molecular weight is 344 g/mol. The van der Waals surface area contributed by atoms with Crippen molar-refractivity contribution in [3.05, 3.63) is 15.9 Å². The average Bonchev–Trinajstić information content (AvgIpc) is 2.65. The molecule has 0 bridgehead atoms. The Morgan fingerprint density at radius 1 is 1.71 bits per heavy atom. The quantitative estimate of drug-likeness (QED) is 0.800. The van der Waals surface area contributed by atoms with E-state index in [1.807, 2.05) is 0 Å². The third-order valence-electron chi connectivity index (χ3n) is 1.85. The van der Waals surface area contributed by atoms with Gasteiger partial charge in [-0.2, -0.15) is 0 Å². The van der Waals surface area contributed by atoms with E-state index in [2.05, 4.69) is 25.4 Å². The fourth-order valence-corrected chi connectivity index (χ4v) is 4.41. The number of carboxylic acid groups (broad SMARTS) is 1. The molecule has 0 saturated heterocycles. The summed E-state index contributed by atoms with van der Waals surface area (Å²) in [5.41, 5.74) is 0. The maximum absolute atomic E-state index is 11.8. The number of ether oxygens (including phenoxy) is 1. The molecule has 0 saturated carbocycles. The lowest BCUT2D eigenvalue weighted by Crippen LogP contribution is -2.37. The van der Waals surface area contributed by atoms with E-state index >= 15 is 0 Å². The second-order valence-corrected chi connectivity index (χ2v) is 6.70. The Kier molecular flexibility index (Phi) is 5.07. The van der Waals surface area contributed by atoms with Gasteiger partial charge in [0.25, 0.3) is 10.0 Å². The Morgan fingerprint density at radius 3 is 2.76 bits per heavy atom. The molecule has 0 unspecified atom stereocenters. The highest BCUT2D eigenvalue weighted by molar-refractivity contribution is 9.10. The number of thiophene rings is 1. The summed E-state index contributed by atoms with van der Waals surface area (Å²) in [4.78, 5) is 10.6. The number of rotatable bonds is 6. The molecule has 1 aromatic rings. The lowest BCUT2D eigenvalue weighted by Gasteiger charge is -2.11. The monoisotopic (exact) mass is 343 g/mol. The van der Waals surface area contributed by atoms with Crippen molar-refractivity contribution in [2.45, 2.75) is 10.3 Å². The molecule has 96 valence electrons. The minimum Gasteiger partial charge on any atom is -0.479 e. The van der Waals surface area contributed by atoms with Gasteiger partial charge in [-0.3, -0.25) is 0 Å². The van der Waals surface area contributed by atoms with Gasteiger partial charge in [0.05, 0.1) is 0 Å². The molecule has 17 heavy (non-hydrogen) atoms. The first-order valence-electron chi connectivity index (χ1n) is 4.36. The van der Waals surface area contributed by atoms with Crippen molar-refractivity contribution in [3.63, 3.8) is 0 Å². The molecule has 2 N–H and O–H groups in total. The molecular formula is C8H10BrNO5S2. The smallest absolute Gasteiger partial charge is 0.334 e. The van der Waals surface area contributed by atoms with Gasteiger partial charge in [-0.05, 0) is 27.4 Å². The summed E-state index contributed by atoms with van der Waals surface area (Å²) in [5, 5.41) is 10.3. The third-order valence-corrected chi connectivity index (χ3v) is 5.94. The Balaban J connectivity index is 2.75. The van der Waals surface area contributed by atoms with Crippen molar-refractivity contribution >= 4 is 43.3 Å². The number of aliphatic carboxylic acids is 1. The summed E-state index contributed by atoms with van der Waals surface area (Å²) in [7, 11) is -2.51. The minimum atomic E-state index is -3.71. The molecule has 0 radical (unpaired) electrons. The maximum atomic E-state index is 11.8. The highest BCUT2D eigenvalue weighted by atomic mass is 79.9. The van der Waals surface area contributed by atoms with E-state index in [9.17, 15) is 13.2 Å². The Morgan fingerprint density at radius 2 is 2.35 bits per heavy atom. The minimum absolute atomic E-state index is 0.109. The van der Waals surface area contributed by atoms with E-state index in [1.54, 1.807) is 11.4 Å². The Labute approximate surface area is 111 Å². The zero-order chi connectivity index (χ0) is 13.1. The molecule has 1 rings (SSSR count). The topological polar surface area (TPSA) is 92.7 Å². The molecule has 0 spiro atoms. The second kappa shape index (κ2) is 5.91. The zero-order valence-corrected chi connectivity index (χ0v) is 11.9. The van der Waals surface area contributed by atoms with Gasteiger partial charge in [0.15, 0.2) is 6.10 Å². The van der Waals surface area contributed by atoms with Crippen LogP contribution in [0, 0.1) is 0 Å². The standard InChI is InChI=1S/C8H10BrNO5S2/c1-15-6(7(11)12)4-10-17(13,14)8-5(9)2-3-16-8/h2-3,6,10H,4H2,1H3,(H,11,12)/t6-/m1/s1. The van der Waals surface area contributed by atoms with E-state index in [-0.39, 0.29) is 10.8 Å². The summed E-state index contributed by atoms with van der Waals surface area (Å²) in [5.74, 6) is -1.22. The first-order chi connectivity index (χ1) is 7.88. The number of halogens is 1. The fourth-order valence-electron chi connectivity index (χ4n) is 0.994. The van der Waals surface area contributed by atoms with Crippen molar-refractivity contribution in [1.29, 1.82) is 0 Å². The SMILES string of the molecule is CO[C@H](CNS(=O)(=O)c1sccc1Br)C(=O)O. The molecule has 6 nitrogen and oxygen atoms in total. The number of hydrogen-bond acceptors (Lipinski definition) is 5. The molecule has 1 atom stereocenters. The van der Waals surface area contributed by atoms with Crippen LogP contribution >= 0.6 is 27.3 Å². The largest absolute Gasteiger partial charge is 0.479 e. The van der Waals surface area contributed by atoms with Crippen molar-refractivity contribution in [1.82, 2.24) is 4.72 Å². The van der Waals surface area contributed by atoms with Gasteiger partial charge in [0.1, 0.15) is 4.21 Å². The molecular weight excluding hydrogens is 334 g/mol. The summed E-state index contributed by atoms with van der Waals surface area (Å²) in [6.45, 7) is -0.321. The first-order valence-corrected chi connectivity index (χ1v) is 7.52. The van der Waals surface area contributed by atoms with Crippen LogP contribution in [0.2, 0.25) is 0 Å². The van der Waals surface area contributed by atoms with Crippen molar-refractivity contribution < 1.29 is 23.1 Å². The summed E-state index contributed by atoms with van der Waals surface area (Å²) in [6, 6.07) is 1.60. The van der Waals surface area contributed by atoms with Gasteiger partial charge >= 0.3 is 5.97 Å². The highest BCUT2D eigenvalue weighted by Gasteiger charge is 2.23. The van der Waals surface area contributed by atoms with Crippen LogP contribution in [-0.2, 0) is 19.6 Å². The van der Waals surface area contributed by atoms with Crippen LogP contribution in [0.4, 0.5) is 0 Å². The fraction of sp³-hybridized carbons (Fsp3) is 0.375. The number of methoxy groups -OCH3 is 1. The lowest BCUT2D eigenvalue weighted by atomic mass is 10.4. The second-order valence-electron chi connectivity index (χ2n) is 2.97. The first kappa shape index (κ1) is 14.6. The van der Waals surface area contributed by atoms with Crippen LogP contribution in [0.5, 0.6) is 0 Å². The van der Waals surface area contributed by atoms with Gasteiger partial charge in [-0.25, -0.2) is 17.9 Å². The van der Waals surface area contributed by atoms with Crippen molar-refractivity contribution in [2.24, 2.45) is 0 Å². The Hall–Kier alpha value is -0.480. The van der Waals surface area contributed by atoms with E-state index in [4.69, 9.17) is 5.11 Å². The van der Waals surface area contributed by atoms with Crippen LogP contribution in [0.3, 0.4) is 0 Å². The van der Waals surface area contributed by atoms with Gasteiger partial charge in [-0.15, -0.1) is 11.3 Å². The van der Waals surface area contributed by atoms with E-state index < -0.39 is 22.1 Å². The number of hydrogen-bond donors (Lipinski definition) is 2. The van der Waals surface area contributed by atoms with E-state index in [0.29, 0.717) is 4.47 Å². The highest BCUT2D eigenvalue weighted by Crippen LogP contribution is 2.27. The van der Waals surface area contributed by atoms with Crippen LogP contribution in [0.25, 0.3) is 0 Å². The zero-order valence-electron chi connectivity index (χ0n) is 8.71. The van der Waals surface area contributed by atoms with E-state index in [0.717, 1.165) is 11.3 Å². The van der Waals surface area contributed by atoms with Gasteiger partial charge < -0.3 is 9.84 Å². The number of nitrogens with one attached hydrogen (secondary N) is 1. The summed E-state index contributed by atoms with van der Waals surface area (Å²) in [6.07, 6.45) is -1.21. The number of carbonyl (C=O) groups is 1. The molecule has 0 aliphatic rings. The molecule has 9 heteroatoms. The molecule has 0 fully saturated rings. The van der Waals surface area contributed by atoms with Crippen LogP contribution in [0.1, 0.15) is 0 Å². The Bertz CT molecular complexity index is 498. The number of carboxylic acids is 1. The van der Waals surface area contributed by atoms with Crippen LogP contribution < -0.4 is 4.72 Å². The van der Waals surface area contributed by atoms with E-state index in [1.165, 1.54) is 7.11 Å². The molecule has 1 aromatic heterocycles. The van der Waals surface area contributed by atoms with Crippen molar-refractivity contribution in [2.75, 3.05) is 13.7 Å². The van der Waals surface area contributed by atoms with Gasteiger partial charge in [0, 0.05) is 18.1 Å². The van der Waals surface area contributed by atoms with Gasteiger partial charge in [-0.1, -0.05) is 0 Å². The maximum Gasteiger partial charge on any atom is 0.334 e. The predicted molar refractivity (Wildman–Crippen MR) is 65.6 cm³/mol. The summed E-state index contributed by atoms with van der Waals surface area (Å²) < 4.78 is 30.9. The van der Waals surface area contributed by atoms with Gasteiger partial charge in [0.2, 0.25) is 0 Å². The lowest BCUT2D eigenvalue weighted by molar-refractivity contribution is -0.147. The molecule has 0 amide bonds. The molecule has 0 aliphatic carbocycles. The van der Waals surface area contributed by atoms with Crippen molar-refractivity contribution in [3.8, 4) is 0 Å². The number of sulfonamides is 1. The van der Waals surface area contributed by atoms with Crippen LogP contribution in [-0.4, -0.2) is 39.3 Å². The molecule has 0 aromatic carbocycles. The summed E-state index contributed by atoms with van der Waals surface area (Å²) >= 11 is 4.14. The molecule has 1 heterocycles.